The number of nitrogens with zero attached hydrogens (tertiary/aromatic N) is 1. The lowest BCUT2D eigenvalue weighted by Gasteiger charge is -2.22. The Morgan fingerprint density at radius 3 is 2.52 bits per heavy atom. The van der Waals surface area contributed by atoms with Crippen LogP contribution in [0, 0.1) is 11.8 Å². The van der Waals surface area contributed by atoms with Crippen LogP contribution in [-0.2, 0) is 15.1 Å². The summed E-state index contributed by atoms with van der Waals surface area (Å²) in [6, 6.07) is 8.37. The highest BCUT2D eigenvalue weighted by atomic mass is 16.2. The lowest BCUT2D eigenvalue weighted by atomic mass is 9.92. The highest BCUT2D eigenvalue weighted by molar-refractivity contribution is 6.08. The summed E-state index contributed by atoms with van der Waals surface area (Å²) in [5.74, 6) is -0.538. The van der Waals surface area contributed by atoms with Crippen LogP contribution >= 0.6 is 0 Å². The molecule has 1 aromatic carbocycles. The van der Waals surface area contributed by atoms with Crippen LogP contribution in [0.15, 0.2) is 30.3 Å². The van der Waals surface area contributed by atoms with E-state index in [1.54, 1.807) is 31.2 Å². The predicted octanol–water partition coefficient (Wildman–Crippen LogP) is 1.14. The predicted molar refractivity (Wildman–Crippen MR) is 74.6 cm³/mol. The van der Waals surface area contributed by atoms with E-state index in [0.29, 0.717) is 11.5 Å². The average molecular weight is 287 g/mol. The number of rotatable bonds is 3. The molecule has 0 spiro atoms. The summed E-state index contributed by atoms with van der Waals surface area (Å²) in [5, 5.41) is 3.44. The van der Waals surface area contributed by atoms with Gasteiger partial charge in [0.05, 0.1) is 0 Å². The van der Waals surface area contributed by atoms with Gasteiger partial charge in [-0.05, 0) is 24.8 Å². The van der Waals surface area contributed by atoms with Crippen LogP contribution < -0.4 is 10.7 Å². The quantitative estimate of drug-likeness (QED) is 0.818. The molecule has 1 aliphatic carbocycles. The summed E-state index contributed by atoms with van der Waals surface area (Å²) in [7, 11) is 0. The molecule has 3 unspecified atom stereocenters. The van der Waals surface area contributed by atoms with Crippen molar-refractivity contribution in [2.24, 2.45) is 11.8 Å². The maximum absolute atomic E-state index is 12.5. The lowest BCUT2D eigenvalue weighted by molar-refractivity contribution is -0.139. The third-order valence-corrected chi connectivity index (χ3v) is 4.21. The molecule has 21 heavy (non-hydrogen) atoms. The zero-order valence-corrected chi connectivity index (χ0v) is 11.9. The summed E-state index contributed by atoms with van der Waals surface area (Å²) >= 11 is 0. The second-order valence-corrected chi connectivity index (χ2v) is 5.86. The van der Waals surface area contributed by atoms with Gasteiger partial charge in [0.15, 0.2) is 0 Å². The van der Waals surface area contributed by atoms with Crippen molar-refractivity contribution in [2.75, 3.05) is 0 Å². The smallest absolute Gasteiger partial charge is 0.318 e. The van der Waals surface area contributed by atoms with E-state index in [0.717, 1.165) is 11.4 Å². The van der Waals surface area contributed by atoms with Crippen LogP contribution in [0.4, 0.5) is 4.79 Å². The van der Waals surface area contributed by atoms with Gasteiger partial charge in [-0.2, -0.15) is 5.01 Å². The van der Waals surface area contributed by atoms with Gasteiger partial charge in [-0.1, -0.05) is 37.3 Å². The van der Waals surface area contributed by atoms with E-state index < -0.39 is 17.5 Å². The Balaban J connectivity index is 1.80. The number of hydrogen-bond donors (Lipinski definition) is 2. The van der Waals surface area contributed by atoms with Gasteiger partial charge in [-0.15, -0.1) is 0 Å². The summed E-state index contributed by atoms with van der Waals surface area (Å²) in [4.78, 5) is 36.5. The molecule has 1 saturated carbocycles. The molecule has 6 heteroatoms. The second-order valence-electron chi connectivity index (χ2n) is 5.86. The SMILES string of the molecule is CC1CC1C(=O)NN1C(=O)NC(C)(c2ccccc2)C1=O. The van der Waals surface area contributed by atoms with Gasteiger partial charge < -0.3 is 5.32 Å². The highest BCUT2D eigenvalue weighted by Gasteiger charge is 2.51. The molecule has 0 radical (unpaired) electrons. The topological polar surface area (TPSA) is 78.5 Å². The molecule has 0 bridgehead atoms. The number of amides is 4. The van der Waals surface area contributed by atoms with Gasteiger partial charge >= 0.3 is 6.03 Å². The van der Waals surface area contributed by atoms with Crippen LogP contribution in [-0.4, -0.2) is 22.9 Å². The monoisotopic (exact) mass is 287 g/mol. The van der Waals surface area contributed by atoms with Gasteiger partial charge in [-0.3, -0.25) is 15.0 Å². The molecule has 1 aromatic rings. The summed E-state index contributed by atoms with van der Waals surface area (Å²) in [5.41, 5.74) is 1.96. The zero-order chi connectivity index (χ0) is 15.2. The van der Waals surface area contributed by atoms with E-state index in [-0.39, 0.29) is 11.8 Å². The van der Waals surface area contributed by atoms with Crippen molar-refractivity contribution in [1.82, 2.24) is 15.8 Å². The van der Waals surface area contributed by atoms with E-state index in [1.165, 1.54) is 0 Å². The third-order valence-electron chi connectivity index (χ3n) is 4.21. The van der Waals surface area contributed by atoms with E-state index in [2.05, 4.69) is 10.7 Å². The number of carbonyl (C=O) groups is 3. The van der Waals surface area contributed by atoms with Crippen LogP contribution in [0.1, 0.15) is 25.8 Å². The molecule has 1 saturated heterocycles. The zero-order valence-electron chi connectivity index (χ0n) is 11.9. The Hall–Kier alpha value is -2.37. The largest absolute Gasteiger partial charge is 0.344 e. The van der Waals surface area contributed by atoms with E-state index in [4.69, 9.17) is 0 Å². The number of benzene rings is 1. The summed E-state index contributed by atoms with van der Waals surface area (Å²) in [6.07, 6.45) is 0.797. The number of imide groups is 1. The van der Waals surface area contributed by atoms with Crippen LogP contribution in [0.25, 0.3) is 0 Å². The molecule has 2 N–H and O–H groups in total. The Bertz CT molecular complexity index is 616. The molecule has 1 aliphatic heterocycles. The van der Waals surface area contributed by atoms with Crippen LogP contribution in [0.5, 0.6) is 0 Å². The maximum Gasteiger partial charge on any atom is 0.344 e. The van der Waals surface area contributed by atoms with Crippen molar-refractivity contribution in [2.45, 2.75) is 25.8 Å². The first-order valence-corrected chi connectivity index (χ1v) is 6.96. The van der Waals surface area contributed by atoms with Crippen molar-refractivity contribution >= 4 is 17.8 Å². The molecule has 0 aromatic heterocycles. The first-order valence-electron chi connectivity index (χ1n) is 6.96. The van der Waals surface area contributed by atoms with Crippen molar-refractivity contribution in [3.05, 3.63) is 35.9 Å². The van der Waals surface area contributed by atoms with E-state index in [9.17, 15) is 14.4 Å². The number of carbonyl (C=O) groups excluding carboxylic acids is 3. The standard InChI is InChI=1S/C15H17N3O3/c1-9-8-11(9)12(19)17-18-13(20)15(2,16-14(18)21)10-6-4-3-5-7-10/h3-7,9,11H,8H2,1-2H3,(H,16,21)(H,17,19). The molecule has 2 aliphatic rings. The van der Waals surface area contributed by atoms with Gasteiger partial charge in [0.2, 0.25) is 5.91 Å². The lowest BCUT2D eigenvalue weighted by Crippen LogP contribution is -2.48. The Labute approximate surface area is 122 Å². The average Bonchev–Trinajstić information content (AvgIpc) is 3.16. The minimum Gasteiger partial charge on any atom is -0.318 e. The van der Waals surface area contributed by atoms with Crippen molar-refractivity contribution < 1.29 is 14.4 Å². The number of nitrogens with one attached hydrogen (secondary N) is 2. The molecule has 110 valence electrons. The fourth-order valence-electron chi connectivity index (χ4n) is 2.59. The van der Waals surface area contributed by atoms with Crippen LogP contribution in [0.3, 0.4) is 0 Å². The number of hydrogen-bond acceptors (Lipinski definition) is 3. The molecule has 6 nitrogen and oxygen atoms in total. The normalized spacial score (nSPS) is 31.0. The van der Waals surface area contributed by atoms with E-state index >= 15 is 0 Å². The molecular weight excluding hydrogens is 270 g/mol. The molecule has 4 amide bonds. The van der Waals surface area contributed by atoms with Crippen LogP contribution in [0.2, 0.25) is 0 Å². The van der Waals surface area contributed by atoms with Crippen molar-refractivity contribution in [3.8, 4) is 0 Å². The molecule has 3 atom stereocenters. The Morgan fingerprint density at radius 1 is 1.33 bits per heavy atom. The molecular formula is C15H17N3O3. The second kappa shape index (κ2) is 4.58. The minimum absolute atomic E-state index is 0.103. The fourth-order valence-corrected chi connectivity index (χ4v) is 2.59. The first kappa shape index (κ1) is 13.6. The summed E-state index contributed by atoms with van der Waals surface area (Å²) in [6.45, 7) is 3.60. The Morgan fingerprint density at radius 2 is 1.95 bits per heavy atom. The van der Waals surface area contributed by atoms with Gasteiger partial charge in [0, 0.05) is 5.92 Å². The molecule has 3 rings (SSSR count). The van der Waals surface area contributed by atoms with Crippen molar-refractivity contribution in [3.63, 3.8) is 0 Å². The minimum atomic E-state index is -1.15. The fraction of sp³-hybridized carbons (Fsp3) is 0.400. The molecule has 1 heterocycles. The summed E-state index contributed by atoms with van der Waals surface area (Å²) < 4.78 is 0. The van der Waals surface area contributed by atoms with E-state index in [1.807, 2.05) is 13.0 Å². The highest BCUT2D eigenvalue weighted by Crippen LogP contribution is 2.38. The molecule has 2 fully saturated rings. The van der Waals surface area contributed by atoms with Crippen molar-refractivity contribution in [1.29, 1.82) is 0 Å². The first-order chi connectivity index (χ1) is 9.93. The van der Waals surface area contributed by atoms with Gasteiger partial charge in [-0.25, -0.2) is 4.79 Å². The maximum atomic E-state index is 12.5. The van der Waals surface area contributed by atoms with Gasteiger partial charge in [0.25, 0.3) is 5.91 Å². The third kappa shape index (κ3) is 2.16. The number of hydrazine groups is 1. The number of urea groups is 1. The Kier molecular flexibility index (Phi) is 2.97. The van der Waals surface area contributed by atoms with Gasteiger partial charge in [0.1, 0.15) is 5.54 Å².